The molecule has 142 valence electrons. The van der Waals surface area contributed by atoms with Crippen molar-refractivity contribution in [3.8, 4) is 17.2 Å². The number of fused-ring (bicyclic) bond motifs is 1. The number of hydrogen-bond donors (Lipinski definition) is 1. The molecule has 0 radical (unpaired) electrons. The van der Waals surface area contributed by atoms with E-state index >= 15 is 0 Å². The van der Waals surface area contributed by atoms with E-state index in [9.17, 15) is 19.5 Å². The number of carbonyl (C=O) groups is 2. The van der Waals surface area contributed by atoms with E-state index in [1.54, 1.807) is 18.2 Å². The SMILES string of the molecule is COc1ccc(OC)c(-n2c3c(cc(C(=O)O)c2=O)C(=O)CC(C)(C)C3)c1. The van der Waals surface area contributed by atoms with Gasteiger partial charge < -0.3 is 14.6 Å². The van der Waals surface area contributed by atoms with Gasteiger partial charge in [0.25, 0.3) is 5.56 Å². The Bertz CT molecular complexity index is 1000. The van der Waals surface area contributed by atoms with E-state index in [0.717, 1.165) is 0 Å². The van der Waals surface area contributed by atoms with Crippen molar-refractivity contribution in [3.63, 3.8) is 0 Å². The van der Waals surface area contributed by atoms with Gasteiger partial charge in [-0.05, 0) is 30.0 Å². The minimum atomic E-state index is -1.38. The zero-order chi connectivity index (χ0) is 19.9. The summed E-state index contributed by atoms with van der Waals surface area (Å²) < 4.78 is 11.9. The second-order valence-corrected chi connectivity index (χ2v) is 7.34. The summed E-state index contributed by atoms with van der Waals surface area (Å²) in [5, 5.41) is 9.47. The molecule has 7 heteroatoms. The smallest absolute Gasteiger partial charge is 0.341 e. The fourth-order valence-electron chi connectivity index (χ4n) is 3.49. The fraction of sp³-hybridized carbons (Fsp3) is 0.350. The highest BCUT2D eigenvalue weighted by Crippen LogP contribution is 2.37. The Labute approximate surface area is 156 Å². The van der Waals surface area contributed by atoms with Crippen molar-refractivity contribution in [2.75, 3.05) is 14.2 Å². The molecule has 0 saturated carbocycles. The third-order valence-electron chi connectivity index (χ3n) is 4.75. The normalized spacial score (nSPS) is 15.2. The van der Waals surface area contributed by atoms with E-state index in [-0.39, 0.29) is 23.2 Å². The Morgan fingerprint density at radius 1 is 1.11 bits per heavy atom. The fourth-order valence-corrected chi connectivity index (χ4v) is 3.49. The Morgan fingerprint density at radius 3 is 2.41 bits per heavy atom. The summed E-state index contributed by atoms with van der Waals surface area (Å²) in [5.41, 5.74) is -0.430. The standard InChI is InChI=1S/C20H21NO6/c1-20(2)9-15-12(16(22)10-20)8-13(19(24)25)18(23)21(15)14-7-11(26-3)5-6-17(14)27-4/h5-8H,9-10H2,1-4H3,(H,24,25). The van der Waals surface area contributed by atoms with Crippen LogP contribution in [0, 0.1) is 5.41 Å². The van der Waals surface area contributed by atoms with Gasteiger partial charge in [0, 0.05) is 23.7 Å². The zero-order valence-corrected chi connectivity index (χ0v) is 15.7. The summed E-state index contributed by atoms with van der Waals surface area (Å²) in [5.74, 6) is -0.706. The Kier molecular flexibility index (Phi) is 4.55. The number of hydrogen-bond acceptors (Lipinski definition) is 5. The molecule has 27 heavy (non-hydrogen) atoms. The van der Waals surface area contributed by atoms with Gasteiger partial charge >= 0.3 is 5.97 Å². The highest BCUT2D eigenvalue weighted by molar-refractivity contribution is 6.01. The number of ether oxygens (including phenoxy) is 2. The molecular weight excluding hydrogens is 350 g/mol. The first-order valence-electron chi connectivity index (χ1n) is 8.46. The first-order chi connectivity index (χ1) is 12.7. The number of aromatic nitrogens is 1. The summed E-state index contributed by atoms with van der Waals surface area (Å²) in [4.78, 5) is 37.3. The van der Waals surface area contributed by atoms with Gasteiger partial charge in [0.1, 0.15) is 17.1 Å². The van der Waals surface area contributed by atoms with Crippen LogP contribution in [0.1, 0.15) is 46.7 Å². The average Bonchev–Trinajstić information content (AvgIpc) is 2.59. The second-order valence-electron chi connectivity index (χ2n) is 7.34. The third-order valence-corrected chi connectivity index (χ3v) is 4.75. The summed E-state index contributed by atoms with van der Waals surface area (Å²) >= 11 is 0. The predicted molar refractivity (Wildman–Crippen MR) is 98.5 cm³/mol. The lowest BCUT2D eigenvalue weighted by atomic mass is 9.75. The van der Waals surface area contributed by atoms with Crippen molar-refractivity contribution < 1.29 is 24.2 Å². The predicted octanol–water partition coefficient (Wildman–Crippen LogP) is 2.71. The monoisotopic (exact) mass is 371 g/mol. The topological polar surface area (TPSA) is 94.8 Å². The first-order valence-corrected chi connectivity index (χ1v) is 8.46. The van der Waals surface area contributed by atoms with Crippen LogP contribution in [0.4, 0.5) is 0 Å². The molecule has 0 spiro atoms. The third kappa shape index (κ3) is 3.20. The van der Waals surface area contributed by atoms with Gasteiger partial charge in [-0.2, -0.15) is 0 Å². The molecule has 1 aliphatic rings. The van der Waals surface area contributed by atoms with Crippen molar-refractivity contribution in [2.45, 2.75) is 26.7 Å². The van der Waals surface area contributed by atoms with Gasteiger partial charge in [-0.3, -0.25) is 14.2 Å². The van der Waals surface area contributed by atoms with Crippen LogP contribution in [0.25, 0.3) is 5.69 Å². The van der Waals surface area contributed by atoms with Crippen molar-refractivity contribution in [1.82, 2.24) is 4.57 Å². The van der Waals surface area contributed by atoms with E-state index in [0.29, 0.717) is 29.3 Å². The van der Waals surface area contributed by atoms with Gasteiger partial charge in [-0.25, -0.2) is 4.79 Å². The minimum Gasteiger partial charge on any atom is -0.497 e. The molecule has 7 nitrogen and oxygen atoms in total. The van der Waals surface area contributed by atoms with E-state index < -0.39 is 17.1 Å². The quantitative estimate of drug-likeness (QED) is 0.888. The molecule has 0 bridgehead atoms. The maximum atomic E-state index is 13.0. The summed E-state index contributed by atoms with van der Waals surface area (Å²) in [7, 11) is 2.95. The number of nitrogens with zero attached hydrogens (tertiary/aromatic N) is 1. The van der Waals surface area contributed by atoms with Crippen LogP contribution in [-0.4, -0.2) is 35.6 Å². The van der Waals surface area contributed by atoms with Crippen LogP contribution in [0.5, 0.6) is 11.5 Å². The largest absolute Gasteiger partial charge is 0.497 e. The number of carbonyl (C=O) groups excluding carboxylic acids is 1. The molecule has 1 aromatic carbocycles. The summed E-state index contributed by atoms with van der Waals surface area (Å²) in [6.45, 7) is 3.88. The second kappa shape index (κ2) is 6.57. The van der Waals surface area contributed by atoms with Crippen molar-refractivity contribution >= 4 is 11.8 Å². The van der Waals surface area contributed by atoms with Gasteiger partial charge in [-0.1, -0.05) is 13.8 Å². The lowest BCUT2D eigenvalue weighted by Gasteiger charge is -2.32. The zero-order valence-electron chi connectivity index (χ0n) is 15.7. The van der Waals surface area contributed by atoms with E-state index in [2.05, 4.69) is 0 Å². The maximum Gasteiger partial charge on any atom is 0.341 e. The molecule has 1 N–H and O–H groups in total. The van der Waals surface area contributed by atoms with Crippen molar-refractivity contribution in [2.24, 2.45) is 5.41 Å². The van der Waals surface area contributed by atoms with Crippen LogP contribution >= 0.6 is 0 Å². The van der Waals surface area contributed by atoms with Crippen LogP contribution in [-0.2, 0) is 6.42 Å². The molecule has 0 atom stereocenters. The number of carboxylic acid groups (broad SMARTS) is 1. The molecule has 0 unspecified atom stereocenters. The van der Waals surface area contributed by atoms with Gasteiger partial charge in [0.2, 0.25) is 0 Å². The first kappa shape index (κ1) is 18.7. The molecule has 1 heterocycles. The van der Waals surface area contributed by atoms with Crippen LogP contribution in [0.3, 0.4) is 0 Å². The molecule has 1 aromatic heterocycles. The summed E-state index contributed by atoms with van der Waals surface area (Å²) in [6.07, 6.45) is 0.732. The molecule has 0 aliphatic heterocycles. The van der Waals surface area contributed by atoms with Gasteiger partial charge in [0.15, 0.2) is 5.78 Å². The molecule has 3 rings (SSSR count). The van der Waals surface area contributed by atoms with Crippen molar-refractivity contribution in [1.29, 1.82) is 0 Å². The lowest BCUT2D eigenvalue weighted by molar-refractivity contribution is 0.0694. The van der Waals surface area contributed by atoms with E-state index in [4.69, 9.17) is 9.47 Å². The number of aromatic carboxylic acids is 1. The van der Waals surface area contributed by atoms with E-state index in [1.807, 2.05) is 13.8 Å². The Balaban J connectivity index is 2.44. The molecular formula is C20H21NO6. The maximum absolute atomic E-state index is 13.0. The molecule has 1 aliphatic carbocycles. The highest BCUT2D eigenvalue weighted by atomic mass is 16.5. The van der Waals surface area contributed by atoms with Crippen LogP contribution in [0.15, 0.2) is 29.1 Å². The highest BCUT2D eigenvalue weighted by Gasteiger charge is 2.35. The van der Waals surface area contributed by atoms with E-state index in [1.165, 1.54) is 24.9 Å². The number of methoxy groups -OCH3 is 2. The number of pyridine rings is 1. The summed E-state index contributed by atoms with van der Waals surface area (Å²) in [6, 6.07) is 6.10. The van der Waals surface area contributed by atoms with Crippen LogP contribution in [0.2, 0.25) is 0 Å². The number of ketones is 1. The number of benzene rings is 1. The lowest BCUT2D eigenvalue weighted by Crippen LogP contribution is -2.36. The Hall–Kier alpha value is -3.09. The average molecular weight is 371 g/mol. The van der Waals surface area contributed by atoms with Gasteiger partial charge in [-0.15, -0.1) is 0 Å². The molecule has 0 fully saturated rings. The Morgan fingerprint density at radius 2 is 1.81 bits per heavy atom. The molecule has 2 aromatic rings. The number of rotatable bonds is 4. The molecule has 0 saturated heterocycles. The van der Waals surface area contributed by atoms with Crippen LogP contribution < -0.4 is 15.0 Å². The number of carboxylic acids is 1. The molecule has 0 amide bonds. The van der Waals surface area contributed by atoms with Gasteiger partial charge in [0.05, 0.1) is 19.9 Å². The van der Waals surface area contributed by atoms with Crippen molar-refractivity contribution in [3.05, 3.63) is 51.4 Å². The number of Topliss-reactive ketones (excluding diaryl/α,β-unsaturated/α-hetero) is 1. The minimum absolute atomic E-state index is 0.181.